The van der Waals surface area contributed by atoms with Crippen molar-refractivity contribution in [1.29, 1.82) is 0 Å². The molecule has 0 aliphatic carbocycles. The summed E-state index contributed by atoms with van der Waals surface area (Å²) in [4.78, 5) is 12.3. The standard InChI is InChI=1S/C19H17ClN2O4S/c1-13-4-2-5-15(10-13)22-19(23)14-7-8-17(20)18(11-14)27(24,25)21-12-16-6-3-9-26-16/h2-11,21H,12H2,1H3,(H,22,23). The van der Waals surface area contributed by atoms with Crippen LogP contribution in [0.15, 0.2) is 70.2 Å². The molecular formula is C19H17ClN2O4S. The molecule has 0 spiro atoms. The van der Waals surface area contributed by atoms with Crippen molar-refractivity contribution in [2.75, 3.05) is 5.32 Å². The van der Waals surface area contributed by atoms with Gasteiger partial charge in [-0.05, 0) is 55.0 Å². The third-order valence-electron chi connectivity index (χ3n) is 3.78. The first-order chi connectivity index (χ1) is 12.8. The molecule has 8 heteroatoms. The smallest absolute Gasteiger partial charge is 0.255 e. The van der Waals surface area contributed by atoms with E-state index in [-0.39, 0.29) is 22.0 Å². The molecule has 0 aliphatic rings. The number of benzene rings is 2. The molecule has 3 rings (SSSR count). The number of aryl methyl sites for hydroxylation is 1. The number of nitrogens with one attached hydrogen (secondary N) is 2. The summed E-state index contributed by atoms with van der Waals surface area (Å²) in [7, 11) is -3.92. The fraction of sp³-hybridized carbons (Fsp3) is 0.105. The molecule has 0 atom stereocenters. The second-order valence-corrected chi connectivity index (χ2v) is 8.02. The Kier molecular flexibility index (Phi) is 5.65. The van der Waals surface area contributed by atoms with E-state index in [4.69, 9.17) is 16.0 Å². The Morgan fingerprint density at radius 2 is 1.93 bits per heavy atom. The maximum absolute atomic E-state index is 12.6. The topological polar surface area (TPSA) is 88.4 Å². The van der Waals surface area contributed by atoms with Gasteiger partial charge in [0, 0.05) is 11.3 Å². The summed E-state index contributed by atoms with van der Waals surface area (Å²) in [6, 6.07) is 14.7. The molecule has 0 unspecified atom stereocenters. The SMILES string of the molecule is Cc1cccc(NC(=O)c2ccc(Cl)c(S(=O)(=O)NCc3ccco3)c2)c1. The molecule has 27 heavy (non-hydrogen) atoms. The Morgan fingerprint density at radius 1 is 1.11 bits per heavy atom. The normalized spacial score (nSPS) is 11.3. The molecule has 3 aromatic rings. The molecule has 6 nitrogen and oxygen atoms in total. The number of furan rings is 1. The summed E-state index contributed by atoms with van der Waals surface area (Å²) in [5.74, 6) is 0.0304. The molecule has 0 saturated carbocycles. The van der Waals surface area contributed by atoms with Gasteiger partial charge in [0.1, 0.15) is 10.7 Å². The first-order valence-electron chi connectivity index (χ1n) is 8.05. The molecule has 0 saturated heterocycles. The Labute approximate surface area is 162 Å². The monoisotopic (exact) mass is 404 g/mol. The summed E-state index contributed by atoms with van der Waals surface area (Å²) < 4.78 is 32.6. The zero-order valence-corrected chi connectivity index (χ0v) is 16.0. The van der Waals surface area contributed by atoms with Crippen LogP contribution >= 0.6 is 11.6 Å². The van der Waals surface area contributed by atoms with Gasteiger partial charge in [0.2, 0.25) is 10.0 Å². The van der Waals surface area contributed by atoms with Crippen molar-refractivity contribution in [1.82, 2.24) is 4.72 Å². The molecule has 1 heterocycles. The maximum Gasteiger partial charge on any atom is 0.255 e. The molecule has 1 aromatic heterocycles. The number of amides is 1. The van der Waals surface area contributed by atoms with Crippen LogP contribution in [0, 0.1) is 6.92 Å². The Balaban J connectivity index is 1.81. The van der Waals surface area contributed by atoms with Gasteiger partial charge >= 0.3 is 0 Å². The van der Waals surface area contributed by atoms with E-state index in [2.05, 4.69) is 10.0 Å². The Hall–Kier alpha value is -2.61. The van der Waals surface area contributed by atoms with Crippen LogP contribution < -0.4 is 10.0 Å². The highest BCUT2D eigenvalue weighted by Gasteiger charge is 2.20. The third kappa shape index (κ3) is 4.77. The van der Waals surface area contributed by atoms with Crippen molar-refractivity contribution >= 4 is 33.2 Å². The van der Waals surface area contributed by atoms with E-state index in [1.54, 1.807) is 18.2 Å². The quantitative estimate of drug-likeness (QED) is 0.650. The van der Waals surface area contributed by atoms with Crippen molar-refractivity contribution in [3.63, 3.8) is 0 Å². The van der Waals surface area contributed by atoms with Gasteiger partial charge in [-0.25, -0.2) is 13.1 Å². The summed E-state index contributed by atoms with van der Waals surface area (Å²) in [6.07, 6.45) is 1.45. The molecule has 2 aromatic carbocycles. The minimum absolute atomic E-state index is 0.0223. The number of anilines is 1. The fourth-order valence-corrected chi connectivity index (χ4v) is 3.95. The van der Waals surface area contributed by atoms with Crippen LogP contribution in [0.25, 0.3) is 0 Å². The molecule has 0 bridgehead atoms. The first kappa shape index (κ1) is 19.2. The highest BCUT2D eigenvalue weighted by atomic mass is 35.5. The Morgan fingerprint density at radius 3 is 2.63 bits per heavy atom. The zero-order chi connectivity index (χ0) is 19.4. The molecule has 2 N–H and O–H groups in total. The summed E-state index contributed by atoms with van der Waals surface area (Å²) in [6.45, 7) is 1.89. The molecule has 0 aliphatic heterocycles. The largest absolute Gasteiger partial charge is 0.468 e. The van der Waals surface area contributed by atoms with Crippen molar-refractivity contribution < 1.29 is 17.6 Å². The van der Waals surface area contributed by atoms with Crippen LogP contribution in [0.1, 0.15) is 21.7 Å². The number of hydrogen-bond donors (Lipinski definition) is 2. The van der Waals surface area contributed by atoms with E-state index in [9.17, 15) is 13.2 Å². The average Bonchev–Trinajstić information content (AvgIpc) is 3.14. The van der Waals surface area contributed by atoms with Gasteiger partial charge in [0.25, 0.3) is 5.91 Å². The van der Waals surface area contributed by atoms with Crippen LogP contribution in [0.2, 0.25) is 5.02 Å². The third-order valence-corrected chi connectivity index (χ3v) is 5.66. The lowest BCUT2D eigenvalue weighted by Crippen LogP contribution is -2.24. The van der Waals surface area contributed by atoms with E-state index >= 15 is 0 Å². The molecule has 140 valence electrons. The van der Waals surface area contributed by atoms with Gasteiger partial charge in [-0.3, -0.25) is 4.79 Å². The second kappa shape index (κ2) is 7.96. The predicted molar refractivity (Wildman–Crippen MR) is 103 cm³/mol. The van der Waals surface area contributed by atoms with E-state index < -0.39 is 15.9 Å². The van der Waals surface area contributed by atoms with Crippen molar-refractivity contribution in [2.45, 2.75) is 18.4 Å². The number of halogens is 1. The van der Waals surface area contributed by atoms with E-state index in [0.29, 0.717) is 11.4 Å². The van der Waals surface area contributed by atoms with Gasteiger partial charge < -0.3 is 9.73 Å². The zero-order valence-electron chi connectivity index (χ0n) is 14.4. The van der Waals surface area contributed by atoms with E-state index in [1.165, 1.54) is 24.5 Å². The summed E-state index contributed by atoms with van der Waals surface area (Å²) in [5, 5.41) is 2.76. The average molecular weight is 405 g/mol. The number of carbonyl (C=O) groups excluding carboxylic acids is 1. The first-order valence-corrected chi connectivity index (χ1v) is 9.91. The predicted octanol–water partition coefficient (Wildman–Crippen LogP) is 3.97. The van der Waals surface area contributed by atoms with Gasteiger partial charge in [0.15, 0.2) is 0 Å². The van der Waals surface area contributed by atoms with Gasteiger partial charge in [-0.15, -0.1) is 0 Å². The highest BCUT2D eigenvalue weighted by molar-refractivity contribution is 7.89. The number of carbonyl (C=O) groups is 1. The summed E-state index contributed by atoms with van der Waals surface area (Å²) >= 11 is 6.05. The van der Waals surface area contributed by atoms with Crippen molar-refractivity contribution in [3.05, 3.63) is 82.8 Å². The molecule has 0 fully saturated rings. The van der Waals surface area contributed by atoms with Gasteiger partial charge in [0.05, 0.1) is 17.8 Å². The number of sulfonamides is 1. The lowest BCUT2D eigenvalue weighted by molar-refractivity contribution is 0.102. The lowest BCUT2D eigenvalue weighted by Gasteiger charge is -2.10. The fourth-order valence-electron chi connectivity index (χ4n) is 2.43. The van der Waals surface area contributed by atoms with Gasteiger partial charge in [-0.1, -0.05) is 23.7 Å². The van der Waals surface area contributed by atoms with E-state index in [1.807, 2.05) is 25.1 Å². The minimum atomic E-state index is -3.92. The molecule has 1 amide bonds. The minimum Gasteiger partial charge on any atom is -0.468 e. The van der Waals surface area contributed by atoms with E-state index in [0.717, 1.165) is 5.56 Å². The maximum atomic E-state index is 12.6. The lowest BCUT2D eigenvalue weighted by atomic mass is 10.2. The van der Waals surface area contributed by atoms with Crippen LogP contribution in [-0.2, 0) is 16.6 Å². The molecule has 0 radical (unpaired) electrons. The van der Waals surface area contributed by atoms with Crippen LogP contribution in [0.5, 0.6) is 0 Å². The van der Waals surface area contributed by atoms with Crippen molar-refractivity contribution in [2.24, 2.45) is 0 Å². The number of hydrogen-bond acceptors (Lipinski definition) is 4. The van der Waals surface area contributed by atoms with Crippen LogP contribution in [0.4, 0.5) is 5.69 Å². The van der Waals surface area contributed by atoms with Crippen LogP contribution in [0.3, 0.4) is 0 Å². The highest BCUT2D eigenvalue weighted by Crippen LogP contribution is 2.23. The van der Waals surface area contributed by atoms with Crippen LogP contribution in [-0.4, -0.2) is 14.3 Å². The summed E-state index contributed by atoms with van der Waals surface area (Å²) in [5.41, 5.74) is 1.80. The Bertz CT molecular complexity index is 1060. The number of rotatable bonds is 6. The van der Waals surface area contributed by atoms with Crippen molar-refractivity contribution in [3.8, 4) is 0 Å². The second-order valence-electron chi connectivity index (χ2n) is 5.87. The molecular weight excluding hydrogens is 388 g/mol. The van der Waals surface area contributed by atoms with Gasteiger partial charge in [-0.2, -0.15) is 0 Å².